The molecule has 0 saturated carbocycles. The summed E-state index contributed by atoms with van der Waals surface area (Å²) in [5, 5.41) is 22.2. The van der Waals surface area contributed by atoms with E-state index in [4.69, 9.17) is 19.2 Å². The zero-order valence-electron chi connectivity index (χ0n) is 19.0. The fourth-order valence-corrected chi connectivity index (χ4v) is 3.64. The molecule has 1 N–H and O–H groups in total. The molecular weight excluding hydrogens is 456 g/mol. The fourth-order valence-electron chi connectivity index (χ4n) is 3.64. The molecule has 0 aliphatic heterocycles. The van der Waals surface area contributed by atoms with Gasteiger partial charge in [0.25, 0.3) is 11.4 Å². The van der Waals surface area contributed by atoms with Crippen LogP contribution in [0.3, 0.4) is 0 Å². The van der Waals surface area contributed by atoms with E-state index in [0.29, 0.717) is 51.2 Å². The Morgan fingerprint density at radius 3 is 1.63 bits per heavy atom. The summed E-state index contributed by atoms with van der Waals surface area (Å²) in [6, 6.07) is 15.5. The Balaban J connectivity index is 1.90. The molecule has 0 spiro atoms. The molecule has 11 heteroatoms. The average Bonchev–Trinajstić information content (AvgIpc) is 3.33. The highest BCUT2D eigenvalue weighted by atomic mass is 16.6. The maximum atomic E-state index is 11.1. The van der Waals surface area contributed by atoms with E-state index in [1.54, 1.807) is 36.4 Å². The minimum Gasteiger partial charge on any atom is -0.493 e. The molecule has 0 amide bonds. The first-order chi connectivity index (χ1) is 16.9. The van der Waals surface area contributed by atoms with Crippen molar-refractivity contribution in [1.82, 2.24) is 9.97 Å². The van der Waals surface area contributed by atoms with E-state index >= 15 is 0 Å². The third kappa shape index (κ3) is 4.47. The van der Waals surface area contributed by atoms with Gasteiger partial charge in [0.2, 0.25) is 5.75 Å². The van der Waals surface area contributed by atoms with Crippen molar-refractivity contribution in [3.63, 3.8) is 0 Å². The number of rotatable bonds is 8. The summed E-state index contributed by atoms with van der Waals surface area (Å²) in [4.78, 5) is 29.2. The van der Waals surface area contributed by atoms with Crippen LogP contribution in [0.4, 0.5) is 11.4 Å². The molecule has 4 rings (SSSR count). The van der Waals surface area contributed by atoms with Crippen molar-refractivity contribution < 1.29 is 24.1 Å². The quantitative estimate of drug-likeness (QED) is 0.268. The molecular formula is C24H20N4O7. The van der Waals surface area contributed by atoms with E-state index in [2.05, 4.69) is 4.98 Å². The predicted molar refractivity (Wildman–Crippen MR) is 128 cm³/mol. The molecule has 0 fully saturated rings. The summed E-state index contributed by atoms with van der Waals surface area (Å²) in [7, 11) is 4.52. The number of aromatic amines is 1. The number of H-pyrrole nitrogens is 1. The summed E-state index contributed by atoms with van der Waals surface area (Å²) >= 11 is 0. The molecule has 1 heterocycles. The molecule has 11 nitrogen and oxygen atoms in total. The number of aromatic nitrogens is 2. The van der Waals surface area contributed by atoms with Crippen molar-refractivity contribution in [3.8, 4) is 51.2 Å². The lowest BCUT2D eigenvalue weighted by atomic mass is 10.0. The van der Waals surface area contributed by atoms with Crippen LogP contribution in [0.25, 0.3) is 33.9 Å². The van der Waals surface area contributed by atoms with E-state index in [-0.39, 0.29) is 11.4 Å². The van der Waals surface area contributed by atoms with E-state index in [1.165, 1.54) is 45.6 Å². The van der Waals surface area contributed by atoms with Gasteiger partial charge in [-0.25, -0.2) is 4.98 Å². The maximum Gasteiger partial charge on any atom is 0.269 e. The number of nitrogens with one attached hydrogen (secondary N) is 1. The fraction of sp³-hybridized carbons (Fsp3) is 0.125. The Kier molecular flexibility index (Phi) is 6.32. The van der Waals surface area contributed by atoms with Gasteiger partial charge in [-0.15, -0.1) is 0 Å². The number of methoxy groups -OCH3 is 3. The highest BCUT2D eigenvalue weighted by Crippen LogP contribution is 2.42. The Morgan fingerprint density at radius 1 is 0.714 bits per heavy atom. The van der Waals surface area contributed by atoms with Crippen LogP contribution >= 0.6 is 0 Å². The second-order valence-electron chi connectivity index (χ2n) is 7.33. The molecule has 3 aromatic carbocycles. The predicted octanol–water partition coefficient (Wildman–Crippen LogP) is 5.25. The van der Waals surface area contributed by atoms with Crippen LogP contribution in [0.5, 0.6) is 17.2 Å². The van der Waals surface area contributed by atoms with Gasteiger partial charge in [0.1, 0.15) is 5.82 Å². The molecule has 0 atom stereocenters. The van der Waals surface area contributed by atoms with Crippen LogP contribution in [0, 0.1) is 20.2 Å². The zero-order valence-corrected chi connectivity index (χ0v) is 19.0. The van der Waals surface area contributed by atoms with Crippen molar-refractivity contribution >= 4 is 11.4 Å². The molecule has 0 saturated heterocycles. The van der Waals surface area contributed by atoms with Crippen LogP contribution < -0.4 is 14.2 Å². The SMILES string of the molecule is COc1cc(-c2nc(-c3ccc([N+](=O)[O-])cc3)c(-c3ccc([N+](=O)[O-])cc3)[nH]2)cc(OC)c1OC. The van der Waals surface area contributed by atoms with Crippen molar-refractivity contribution in [2.75, 3.05) is 21.3 Å². The van der Waals surface area contributed by atoms with Gasteiger partial charge in [0, 0.05) is 41.0 Å². The zero-order chi connectivity index (χ0) is 25.1. The van der Waals surface area contributed by atoms with Gasteiger partial charge in [-0.2, -0.15) is 0 Å². The molecule has 1 aromatic heterocycles. The van der Waals surface area contributed by atoms with Crippen LogP contribution in [0.2, 0.25) is 0 Å². The standard InChI is InChI=1S/C24H20N4O7/c1-33-19-12-16(13-20(34-2)23(19)35-3)24-25-21(14-4-8-17(9-5-14)27(29)30)22(26-24)15-6-10-18(11-7-15)28(31)32/h4-13H,1-3H3,(H,25,26). The van der Waals surface area contributed by atoms with Crippen LogP contribution in [0.1, 0.15) is 0 Å². The Morgan fingerprint density at radius 2 is 1.20 bits per heavy atom. The first-order valence-corrected chi connectivity index (χ1v) is 10.3. The molecule has 0 bridgehead atoms. The number of nitro groups is 2. The molecule has 0 unspecified atom stereocenters. The average molecular weight is 476 g/mol. The maximum absolute atomic E-state index is 11.1. The molecule has 0 aliphatic rings. The summed E-state index contributed by atoms with van der Waals surface area (Å²) in [5.74, 6) is 1.77. The lowest BCUT2D eigenvalue weighted by Crippen LogP contribution is -1.96. The lowest BCUT2D eigenvalue weighted by Gasteiger charge is -2.13. The summed E-state index contributed by atoms with van der Waals surface area (Å²) in [5.41, 5.74) is 2.90. The van der Waals surface area contributed by atoms with E-state index in [1.807, 2.05) is 0 Å². The number of imidazole rings is 1. The van der Waals surface area contributed by atoms with Crippen LogP contribution in [-0.4, -0.2) is 41.1 Å². The van der Waals surface area contributed by atoms with Crippen LogP contribution in [0.15, 0.2) is 60.7 Å². The van der Waals surface area contributed by atoms with Gasteiger partial charge >= 0.3 is 0 Å². The number of benzene rings is 3. The molecule has 35 heavy (non-hydrogen) atoms. The number of hydrogen-bond donors (Lipinski definition) is 1. The molecule has 0 aliphatic carbocycles. The number of non-ortho nitro benzene ring substituents is 2. The first-order valence-electron chi connectivity index (χ1n) is 10.3. The number of nitrogens with zero attached hydrogens (tertiary/aromatic N) is 3. The largest absolute Gasteiger partial charge is 0.493 e. The number of hydrogen-bond acceptors (Lipinski definition) is 8. The van der Waals surface area contributed by atoms with E-state index < -0.39 is 9.85 Å². The Hall–Kier alpha value is -4.93. The second kappa shape index (κ2) is 9.51. The summed E-state index contributed by atoms with van der Waals surface area (Å²) in [6.45, 7) is 0. The van der Waals surface area contributed by atoms with Crippen molar-refractivity contribution in [1.29, 1.82) is 0 Å². The van der Waals surface area contributed by atoms with Gasteiger partial charge in [0.15, 0.2) is 11.5 Å². The van der Waals surface area contributed by atoms with Gasteiger partial charge in [0.05, 0.1) is 42.6 Å². The molecule has 178 valence electrons. The van der Waals surface area contributed by atoms with Crippen LogP contribution in [-0.2, 0) is 0 Å². The third-order valence-corrected chi connectivity index (χ3v) is 5.36. The normalized spacial score (nSPS) is 10.6. The van der Waals surface area contributed by atoms with Gasteiger partial charge < -0.3 is 19.2 Å². The number of nitro benzene ring substituents is 2. The highest BCUT2D eigenvalue weighted by Gasteiger charge is 2.20. The van der Waals surface area contributed by atoms with Gasteiger partial charge in [-0.05, 0) is 36.4 Å². The Labute approximate surface area is 199 Å². The van der Waals surface area contributed by atoms with Crippen molar-refractivity contribution in [2.45, 2.75) is 0 Å². The monoisotopic (exact) mass is 476 g/mol. The minimum absolute atomic E-state index is 0.0463. The first kappa shape index (κ1) is 23.2. The molecule has 0 radical (unpaired) electrons. The molecule has 4 aromatic rings. The highest BCUT2D eigenvalue weighted by molar-refractivity contribution is 5.82. The van der Waals surface area contributed by atoms with Crippen molar-refractivity contribution in [2.24, 2.45) is 0 Å². The smallest absolute Gasteiger partial charge is 0.269 e. The van der Waals surface area contributed by atoms with Gasteiger partial charge in [-0.1, -0.05) is 0 Å². The van der Waals surface area contributed by atoms with E-state index in [0.717, 1.165) is 0 Å². The van der Waals surface area contributed by atoms with Gasteiger partial charge in [-0.3, -0.25) is 20.2 Å². The van der Waals surface area contributed by atoms with Crippen molar-refractivity contribution in [3.05, 3.63) is 80.9 Å². The Bertz CT molecular complexity index is 1300. The lowest BCUT2D eigenvalue weighted by molar-refractivity contribution is -0.385. The second-order valence-corrected chi connectivity index (χ2v) is 7.33. The third-order valence-electron chi connectivity index (χ3n) is 5.36. The summed E-state index contributed by atoms with van der Waals surface area (Å²) < 4.78 is 16.3. The topological polar surface area (TPSA) is 143 Å². The van der Waals surface area contributed by atoms with E-state index in [9.17, 15) is 20.2 Å². The minimum atomic E-state index is -0.479. The number of ether oxygens (including phenoxy) is 3. The summed E-state index contributed by atoms with van der Waals surface area (Å²) in [6.07, 6.45) is 0.